The summed E-state index contributed by atoms with van der Waals surface area (Å²) in [5.41, 5.74) is 0.812. The predicted octanol–water partition coefficient (Wildman–Crippen LogP) is 4.48. The molecule has 9 heteroatoms. The molecule has 2 rings (SSSR count). The molecule has 1 fully saturated rings. The Balaban J connectivity index is 0.00000264. The van der Waals surface area contributed by atoms with Gasteiger partial charge in [-0.3, -0.25) is 4.90 Å². The highest BCUT2D eigenvalue weighted by Gasteiger charge is 2.31. The Morgan fingerprint density at radius 2 is 1.88 bits per heavy atom. The van der Waals surface area contributed by atoms with Crippen molar-refractivity contribution >= 4 is 36.4 Å². The van der Waals surface area contributed by atoms with Crippen LogP contribution in [0, 0.1) is 0 Å². The zero-order valence-corrected chi connectivity index (χ0v) is 15.6. The van der Waals surface area contributed by atoms with E-state index in [0.29, 0.717) is 10.8 Å². The van der Waals surface area contributed by atoms with Gasteiger partial charge in [0.05, 0.1) is 12.1 Å². The predicted molar refractivity (Wildman–Crippen MR) is 95.0 cm³/mol. The minimum Gasteiger partial charge on any atom is -0.495 e. The monoisotopic (exact) mass is 408 g/mol. The second-order valence-corrected chi connectivity index (χ2v) is 5.76. The summed E-state index contributed by atoms with van der Waals surface area (Å²) in [5, 5.41) is 3.67. The highest BCUT2D eigenvalue weighted by molar-refractivity contribution is 6.32. The molecule has 140 valence electrons. The molecule has 1 aromatic carbocycles. The van der Waals surface area contributed by atoms with Gasteiger partial charge in [0.2, 0.25) is 0 Å². The van der Waals surface area contributed by atoms with Crippen molar-refractivity contribution in [2.24, 2.45) is 0 Å². The lowest BCUT2D eigenvalue weighted by Gasteiger charge is -2.35. The molecule has 0 spiro atoms. The molecular weight excluding hydrogens is 388 g/mol. The molecule has 0 aliphatic carbocycles. The van der Waals surface area contributed by atoms with E-state index in [1.807, 2.05) is 0 Å². The SMILES string of the molecule is COc1cc([C@H](CCC(F)(F)F)N2CCNCC2)ccc1Cl.Cl.Cl. The van der Waals surface area contributed by atoms with Crippen LogP contribution in [0.25, 0.3) is 0 Å². The molecule has 1 heterocycles. The van der Waals surface area contributed by atoms with Crippen LogP contribution in [-0.4, -0.2) is 44.4 Å². The Kier molecular flexibility index (Phi) is 10.4. The van der Waals surface area contributed by atoms with E-state index in [2.05, 4.69) is 10.2 Å². The molecule has 24 heavy (non-hydrogen) atoms. The molecule has 0 amide bonds. The summed E-state index contributed by atoms with van der Waals surface area (Å²) in [6.45, 7) is 3.03. The van der Waals surface area contributed by atoms with Crippen LogP contribution in [-0.2, 0) is 0 Å². The van der Waals surface area contributed by atoms with Crippen LogP contribution >= 0.6 is 36.4 Å². The number of piperazine rings is 1. The summed E-state index contributed by atoms with van der Waals surface area (Å²) in [6.07, 6.45) is -4.91. The first kappa shape index (κ1) is 23.6. The molecule has 0 saturated carbocycles. The minimum atomic E-state index is -4.15. The Labute approximate surface area is 157 Å². The zero-order valence-electron chi connectivity index (χ0n) is 13.2. The van der Waals surface area contributed by atoms with Crippen LogP contribution in [0.15, 0.2) is 18.2 Å². The quantitative estimate of drug-likeness (QED) is 0.776. The molecular formula is C15H22Cl3F3N2O. The van der Waals surface area contributed by atoms with Gasteiger partial charge in [-0.15, -0.1) is 24.8 Å². The van der Waals surface area contributed by atoms with Gasteiger partial charge in [0.15, 0.2) is 0 Å². The van der Waals surface area contributed by atoms with Crippen molar-refractivity contribution in [2.75, 3.05) is 33.3 Å². The van der Waals surface area contributed by atoms with E-state index in [-0.39, 0.29) is 37.3 Å². The maximum absolute atomic E-state index is 12.6. The lowest BCUT2D eigenvalue weighted by Crippen LogP contribution is -2.45. The van der Waals surface area contributed by atoms with Crippen LogP contribution in [0.2, 0.25) is 5.02 Å². The van der Waals surface area contributed by atoms with Crippen molar-refractivity contribution in [3.63, 3.8) is 0 Å². The molecule has 0 radical (unpaired) electrons. The average Bonchev–Trinajstić information content (AvgIpc) is 2.49. The van der Waals surface area contributed by atoms with Crippen molar-refractivity contribution in [1.82, 2.24) is 10.2 Å². The molecule has 0 aromatic heterocycles. The minimum absolute atomic E-state index is 0. The second-order valence-electron chi connectivity index (χ2n) is 5.35. The van der Waals surface area contributed by atoms with E-state index in [9.17, 15) is 13.2 Å². The number of hydrogen-bond acceptors (Lipinski definition) is 3. The van der Waals surface area contributed by atoms with Crippen LogP contribution in [0.3, 0.4) is 0 Å². The molecule has 1 aromatic rings. The fourth-order valence-electron chi connectivity index (χ4n) is 2.74. The van der Waals surface area contributed by atoms with Gasteiger partial charge in [-0.25, -0.2) is 0 Å². The van der Waals surface area contributed by atoms with Crippen molar-refractivity contribution in [3.05, 3.63) is 28.8 Å². The smallest absolute Gasteiger partial charge is 0.389 e. The summed E-state index contributed by atoms with van der Waals surface area (Å²) in [4.78, 5) is 2.09. The lowest BCUT2D eigenvalue weighted by molar-refractivity contribution is -0.138. The Morgan fingerprint density at radius 1 is 1.25 bits per heavy atom. The van der Waals surface area contributed by atoms with Crippen molar-refractivity contribution in [3.8, 4) is 5.75 Å². The van der Waals surface area contributed by atoms with Crippen molar-refractivity contribution in [2.45, 2.75) is 25.1 Å². The van der Waals surface area contributed by atoms with Crippen LogP contribution in [0.4, 0.5) is 13.2 Å². The number of ether oxygens (including phenoxy) is 1. The van der Waals surface area contributed by atoms with Gasteiger partial charge in [-0.1, -0.05) is 17.7 Å². The fraction of sp³-hybridized carbons (Fsp3) is 0.600. The van der Waals surface area contributed by atoms with E-state index in [0.717, 1.165) is 31.7 Å². The van der Waals surface area contributed by atoms with E-state index in [1.165, 1.54) is 7.11 Å². The number of rotatable bonds is 5. The molecule has 1 atom stereocenters. The molecule has 1 N–H and O–H groups in total. The van der Waals surface area contributed by atoms with Crippen molar-refractivity contribution < 1.29 is 17.9 Å². The Bertz CT molecular complexity index is 497. The number of benzene rings is 1. The van der Waals surface area contributed by atoms with Gasteiger partial charge in [0.1, 0.15) is 5.75 Å². The molecule has 0 unspecified atom stereocenters. The number of methoxy groups -OCH3 is 1. The molecule has 1 aliphatic rings. The second kappa shape index (κ2) is 10.6. The topological polar surface area (TPSA) is 24.5 Å². The number of hydrogen-bond donors (Lipinski definition) is 1. The summed E-state index contributed by atoms with van der Waals surface area (Å²) >= 11 is 6.01. The van der Waals surface area contributed by atoms with E-state index >= 15 is 0 Å². The lowest BCUT2D eigenvalue weighted by atomic mass is 9.99. The first-order chi connectivity index (χ1) is 10.4. The third kappa shape index (κ3) is 6.84. The highest BCUT2D eigenvalue weighted by Crippen LogP contribution is 2.35. The summed E-state index contributed by atoms with van der Waals surface area (Å²) < 4.78 is 43.1. The Morgan fingerprint density at radius 3 is 2.42 bits per heavy atom. The first-order valence-corrected chi connectivity index (χ1v) is 7.63. The molecule has 1 saturated heterocycles. The van der Waals surface area contributed by atoms with E-state index < -0.39 is 12.6 Å². The van der Waals surface area contributed by atoms with Crippen LogP contribution < -0.4 is 10.1 Å². The van der Waals surface area contributed by atoms with E-state index in [4.69, 9.17) is 16.3 Å². The first-order valence-electron chi connectivity index (χ1n) is 7.25. The fourth-order valence-corrected chi connectivity index (χ4v) is 2.93. The normalized spacial score (nSPS) is 16.7. The highest BCUT2D eigenvalue weighted by atomic mass is 35.5. The zero-order chi connectivity index (χ0) is 16.2. The standard InChI is InChI=1S/C15H20ClF3N2O.2ClH/c1-22-14-10-11(2-3-12(14)16)13(4-5-15(17,18)19)21-8-6-20-7-9-21;;/h2-3,10,13,20H,4-9H2,1H3;2*1H/t13-;;/m0../s1. The summed E-state index contributed by atoms with van der Waals surface area (Å²) in [6, 6.07) is 4.92. The van der Waals surface area contributed by atoms with Gasteiger partial charge in [-0.2, -0.15) is 13.2 Å². The summed E-state index contributed by atoms with van der Waals surface area (Å²) in [5.74, 6) is 0.492. The average molecular weight is 410 g/mol. The maximum atomic E-state index is 12.6. The van der Waals surface area contributed by atoms with E-state index in [1.54, 1.807) is 18.2 Å². The third-order valence-corrected chi connectivity index (χ3v) is 4.17. The number of alkyl halides is 3. The van der Waals surface area contributed by atoms with Gasteiger partial charge in [0.25, 0.3) is 0 Å². The maximum Gasteiger partial charge on any atom is 0.389 e. The van der Waals surface area contributed by atoms with Crippen LogP contribution in [0.5, 0.6) is 5.75 Å². The van der Waals surface area contributed by atoms with Gasteiger partial charge < -0.3 is 10.1 Å². The Hall–Kier alpha value is -0.400. The van der Waals surface area contributed by atoms with Gasteiger partial charge in [-0.05, 0) is 24.1 Å². The summed E-state index contributed by atoms with van der Waals surface area (Å²) in [7, 11) is 1.50. The number of nitrogens with one attached hydrogen (secondary N) is 1. The number of halogens is 6. The largest absolute Gasteiger partial charge is 0.495 e. The molecule has 3 nitrogen and oxygen atoms in total. The van der Waals surface area contributed by atoms with Crippen molar-refractivity contribution in [1.29, 1.82) is 0 Å². The molecule has 1 aliphatic heterocycles. The van der Waals surface area contributed by atoms with Crippen LogP contribution in [0.1, 0.15) is 24.4 Å². The number of nitrogens with zero attached hydrogens (tertiary/aromatic N) is 1. The molecule has 0 bridgehead atoms. The van der Waals surface area contributed by atoms with Gasteiger partial charge >= 0.3 is 6.18 Å². The van der Waals surface area contributed by atoms with Gasteiger partial charge in [0, 0.05) is 38.6 Å². The third-order valence-electron chi connectivity index (χ3n) is 3.85.